The van der Waals surface area contributed by atoms with Crippen molar-refractivity contribution in [1.82, 2.24) is 4.72 Å². The molecule has 0 amide bonds. The lowest BCUT2D eigenvalue weighted by atomic mass is 9.99. The first-order valence-electron chi connectivity index (χ1n) is 11.2. The highest BCUT2D eigenvalue weighted by Gasteiger charge is 2.24. The monoisotopic (exact) mass is 481 g/mol. The SMILES string of the molecule is CCOC(=O)c1cccc(S(=O)(=O)NC(Cc2ccccc2)c2ccc3c(c2)OCCCO3)c1. The molecule has 178 valence electrons. The Kier molecular flexibility index (Phi) is 7.49. The maximum Gasteiger partial charge on any atom is 0.338 e. The van der Waals surface area contributed by atoms with Crippen molar-refractivity contribution in [2.75, 3.05) is 19.8 Å². The van der Waals surface area contributed by atoms with E-state index >= 15 is 0 Å². The number of fused-ring (bicyclic) bond motifs is 1. The van der Waals surface area contributed by atoms with Gasteiger partial charge in [0.25, 0.3) is 0 Å². The highest BCUT2D eigenvalue weighted by molar-refractivity contribution is 7.89. The Morgan fingerprint density at radius 1 is 0.971 bits per heavy atom. The zero-order valence-corrected chi connectivity index (χ0v) is 19.7. The number of benzene rings is 3. The molecular weight excluding hydrogens is 454 g/mol. The minimum atomic E-state index is -3.96. The second-order valence-electron chi connectivity index (χ2n) is 7.87. The number of hydrogen-bond acceptors (Lipinski definition) is 6. The predicted octanol–water partition coefficient (Wildman–Crippen LogP) is 4.29. The molecule has 0 bridgehead atoms. The van der Waals surface area contributed by atoms with Crippen LogP contribution >= 0.6 is 0 Å². The van der Waals surface area contributed by atoms with E-state index in [1.165, 1.54) is 24.3 Å². The minimum Gasteiger partial charge on any atom is -0.490 e. The van der Waals surface area contributed by atoms with Crippen LogP contribution in [-0.2, 0) is 21.2 Å². The lowest BCUT2D eigenvalue weighted by molar-refractivity contribution is 0.0526. The third-order valence-corrected chi connectivity index (χ3v) is 6.88. The molecule has 1 atom stereocenters. The van der Waals surface area contributed by atoms with Crippen LogP contribution < -0.4 is 14.2 Å². The van der Waals surface area contributed by atoms with E-state index in [2.05, 4.69) is 4.72 Å². The van der Waals surface area contributed by atoms with E-state index in [9.17, 15) is 13.2 Å². The van der Waals surface area contributed by atoms with E-state index in [1.807, 2.05) is 48.5 Å². The van der Waals surface area contributed by atoms with E-state index in [-0.39, 0.29) is 17.1 Å². The summed E-state index contributed by atoms with van der Waals surface area (Å²) in [5.74, 6) is 0.671. The van der Waals surface area contributed by atoms with E-state index in [0.717, 1.165) is 17.5 Å². The molecule has 0 radical (unpaired) electrons. The average Bonchev–Trinajstić information content (AvgIpc) is 3.09. The number of hydrogen-bond donors (Lipinski definition) is 1. The Labute approximate surface area is 199 Å². The van der Waals surface area contributed by atoms with Gasteiger partial charge in [0.05, 0.1) is 36.3 Å². The highest BCUT2D eigenvalue weighted by Crippen LogP contribution is 2.33. The van der Waals surface area contributed by atoms with Gasteiger partial charge < -0.3 is 14.2 Å². The topological polar surface area (TPSA) is 90.9 Å². The Hall–Kier alpha value is -3.36. The van der Waals surface area contributed by atoms with E-state index < -0.39 is 22.0 Å². The normalized spacial score (nSPS) is 14.1. The lowest BCUT2D eigenvalue weighted by Gasteiger charge is -2.21. The Morgan fingerprint density at radius 3 is 2.50 bits per heavy atom. The molecule has 34 heavy (non-hydrogen) atoms. The van der Waals surface area contributed by atoms with E-state index in [4.69, 9.17) is 14.2 Å². The van der Waals surface area contributed by atoms with Crippen molar-refractivity contribution >= 4 is 16.0 Å². The van der Waals surface area contributed by atoms with Gasteiger partial charge in [-0.3, -0.25) is 0 Å². The quantitative estimate of drug-likeness (QED) is 0.483. The number of nitrogens with one attached hydrogen (secondary N) is 1. The first-order chi connectivity index (χ1) is 16.5. The van der Waals surface area contributed by atoms with Gasteiger partial charge in [-0.1, -0.05) is 42.5 Å². The predicted molar refractivity (Wildman–Crippen MR) is 128 cm³/mol. The van der Waals surface area contributed by atoms with Crippen LogP contribution in [0.15, 0.2) is 77.7 Å². The highest BCUT2D eigenvalue weighted by atomic mass is 32.2. The van der Waals surface area contributed by atoms with Crippen molar-refractivity contribution in [2.45, 2.75) is 30.7 Å². The molecule has 1 aliphatic rings. The summed E-state index contributed by atoms with van der Waals surface area (Å²) in [6, 6.07) is 20.4. The number of sulfonamides is 1. The molecule has 0 saturated carbocycles. The Bertz CT molecular complexity index is 1240. The summed E-state index contributed by atoms with van der Waals surface area (Å²) in [7, 11) is -3.96. The molecule has 0 aromatic heterocycles. The van der Waals surface area contributed by atoms with Gasteiger partial charge in [-0.15, -0.1) is 0 Å². The third-order valence-electron chi connectivity index (χ3n) is 5.41. The summed E-state index contributed by atoms with van der Waals surface area (Å²) < 4.78 is 46.1. The number of esters is 1. The van der Waals surface area contributed by atoms with Crippen LogP contribution in [0.2, 0.25) is 0 Å². The van der Waals surface area contributed by atoms with Crippen LogP contribution in [-0.4, -0.2) is 34.2 Å². The fourth-order valence-electron chi connectivity index (χ4n) is 3.73. The second kappa shape index (κ2) is 10.7. The zero-order chi connectivity index (χ0) is 24.0. The zero-order valence-electron chi connectivity index (χ0n) is 18.9. The second-order valence-corrected chi connectivity index (χ2v) is 9.58. The molecule has 3 aromatic carbocycles. The number of ether oxygens (including phenoxy) is 3. The molecule has 0 saturated heterocycles. The fourth-order valence-corrected chi connectivity index (χ4v) is 5.00. The van der Waals surface area contributed by atoms with Gasteiger partial charge in [-0.05, 0) is 54.8 Å². The summed E-state index contributed by atoms with van der Waals surface area (Å²) in [6.07, 6.45) is 1.21. The average molecular weight is 482 g/mol. The molecule has 0 fully saturated rings. The largest absolute Gasteiger partial charge is 0.490 e. The molecular formula is C26H27NO6S. The van der Waals surface area contributed by atoms with Crippen molar-refractivity contribution in [3.63, 3.8) is 0 Å². The summed E-state index contributed by atoms with van der Waals surface area (Å²) >= 11 is 0. The standard InChI is InChI=1S/C26H27NO6S/c1-2-31-26(28)21-10-6-11-22(17-21)34(29,30)27-23(16-19-8-4-3-5-9-19)20-12-13-24-25(18-20)33-15-7-14-32-24/h3-6,8-13,17-18,23,27H,2,7,14-16H2,1H3. The number of carbonyl (C=O) groups is 1. The summed E-state index contributed by atoms with van der Waals surface area (Å²) in [6.45, 7) is 3.01. The van der Waals surface area contributed by atoms with Crippen LogP contribution in [0.25, 0.3) is 0 Å². The molecule has 1 aliphatic heterocycles. The Morgan fingerprint density at radius 2 is 1.74 bits per heavy atom. The van der Waals surface area contributed by atoms with Crippen molar-refractivity contribution in [3.05, 3.63) is 89.5 Å². The van der Waals surface area contributed by atoms with Crippen molar-refractivity contribution in [3.8, 4) is 11.5 Å². The smallest absolute Gasteiger partial charge is 0.338 e. The molecule has 4 rings (SSSR count). The summed E-state index contributed by atoms with van der Waals surface area (Å²) in [5.41, 5.74) is 1.90. The number of carbonyl (C=O) groups excluding carboxylic acids is 1. The molecule has 1 heterocycles. The van der Waals surface area contributed by atoms with Crippen LogP contribution in [0.3, 0.4) is 0 Å². The number of rotatable bonds is 8. The fraction of sp³-hybridized carbons (Fsp3) is 0.269. The van der Waals surface area contributed by atoms with Crippen LogP contribution in [0.5, 0.6) is 11.5 Å². The first kappa shape index (κ1) is 23.8. The van der Waals surface area contributed by atoms with Gasteiger partial charge in [-0.25, -0.2) is 17.9 Å². The molecule has 0 spiro atoms. The van der Waals surface area contributed by atoms with E-state index in [1.54, 1.807) is 6.92 Å². The van der Waals surface area contributed by atoms with Crippen molar-refractivity contribution in [2.24, 2.45) is 0 Å². The van der Waals surface area contributed by atoms with Gasteiger partial charge in [0.15, 0.2) is 11.5 Å². The van der Waals surface area contributed by atoms with Crippen LogP contribution in [0.4, 0.5) is 0 Å². The van der Waals surface area contributed by atoms with Gasteiger partial charge in [0.2, 0.25) is 10.0 Å². The lowest BCUT2D eigenvalue weighted by Crippen LogP contribution is -2.30. The molecule has 7 nitrogen and oxygen atoms in total. The van der Waals surface area contributed by atoms with Gasteiger partial charge in [0.1, 0.15) is 0 Å². The molecule has 8 heteroatoms. The Balaban J connectivity index is 1.67. The maximum atomic E-state index is 13.4. The molecule has 0 aliphatic carbocycles. The summed E-state index contributed by atoms with van der Waals surface area (Å²) in [5, 5.41) is 0. The van der Waals surface area contributed by atoms with Crippen molar-refractivity contribution in [1.29, 1.82) is 0 Å². The third kappa shape index (κ3) is 5.76. The molecule has 3 aromatic rings. The van der Waals surface area contributed by atoms with Gasteiger partial charge in [-0.2, -0.15) is 0 Å². The summed E-state index contributed by atoms with van der Waals surface area (Å²) in [4.78, 5) is 12.1. The van der Waals surface area contributed by atoms with E-state index in [0.29, 0.717) is 31.1 Å². The van der Waals surface area contributed by atoms with Crippen LogP contribution in [0, 0.1) is 0 Å². The van der Waals surface area contributed by atoms with Crippen LogP contribution in [0.1, 0.15) is 40.9 Å². The van der Waals surface area contributed by atoms with Gasteiger partial charge >= 0.3 is 5.97 Å². The maximum absolute atomic E-state index is 13.4. The van der Waals surface area contributed by atoms with Crippen molar-refractivity contribution < 1.29 is 27.4 Å². The molecule has 1 N–H and O–H groups in total. The first-order valence-corrected chi connectivity index (χ1v) is 12.7. The minimum absolute atomic E-state index is 0.00884. The molecule has 1 unspecified atom stereocenters. The van der Waals surface area contributed by atoms with Gasteiger partial charge in [0, 0.05) is 6.42 Å².